The molecule has 1 aliphatic heterocycles. The average Bonchev–Trinajstić information content (AvgIpc) is 2.77. The standard InChI is InChI=1S/C24H22N4O4S/c1-4-32-19-9-6-17(7-10-19)26-21(29)16(13-25)12-20-22(30)27-24(33)28(23(20)31)18-8-5-14(2)15(3)11-18/h5-12,20H,4H2,1-3H3,(H,26,29)(H,27,30,33)/b16-12+/t20-/m1/s1. The Labute approximate surface area is 196 Å². The molecule has 0 aromatic heterocycles. The van der Waals surface area contributed by atoms with Crippen LogP contribution in [0.2, 0.25) is 0 Å². The Kier molecular flexibility index (Phi) is 7.20. The predicted octanol–water partition coefficient (Wildman–Crippen LogP) is 3.15. The van der Waals surface area contributed by atoms with E-state index in [9.17, 15) is 19.6 Å². The lowest BCUT2D eigenvalue weighted by Crippen LogP contribution is -2.57. The summed E-state index contributed by atoms with van der Waals surface area (Å²) in [4.78, 5) is 39.5. The van der Waals surface area contributed by atoms with Gasteiger partial charge in [-0.25, -0.2) is 0 Å². The molecule has 3 amide bonds. The van der Waals surface area contributed by atoms with E-state index in [0.29, 0.717) is 23.7 Å². The zero-order valence-electron chi connectivity index (χ0n) is 18.3. The summed E-state index contributed by atoms with van der Waals surface area (Å²) in [6.45, 7) is 6.19. The maximum absolute atomic E-state index is 13.2. The molecule has 33 heavy (non-hydrogen) atoms. The van der Waals surface area contributed by atoms with Crippen molar-refractivity contribution < 1.29 is 19.1 Å². The molecule has 0 saturated carbocycles. The van der Waals surface area contributed by atoms with Crippen LogP contribution in [0, 0.1) is 31.1 Å². The van der Waals surface area contributed by atoms with Gasteiger partial charge in [0.2, 0.25) is 11.8 Å². The van der Waals surface area contributed by atoms with Gasteiger partial charge < -0.3 is 15.4 Å². The van der Waals surface area contributed by atoms with Crippen molar-refractivity contribution in [3.63, 3.8) is 0 Å². The minimum atomic E-state index is -1.39. The van der Waals surface area contributed by atoms with E-state index in [0.717, 1.165) is 17.2 Å². The number of hydrogen-bond acceptors (Lipinski definition) is 6. The Morgan fingerprint density at radius 2 is 1.91 bits per heavy atom. The number of ether oxygens (including phenoxy) is 1. The van der Waals surface area contributed by atoms with Crippen LogP contribution >= 0.6 is 12.2 Å². The summed E-state index contributed by atoms with van der Waals surface area (Å²) in [5.41, 5.74) is 2.53. The van der Waals surface area contributed by atoms with Gasteiger partial charge in [0.25, 0.3) is 5.91 Å². The van der Waals surface area contributed by atoms with Crippen molar-refractivity contribution in [3.05, 3.63) is 65.2 Å². The number of nitrogens with one attached hydrogen (secondary N) is 2. The van der Waals surface area contributed by atoms with E-state index >= 15 is 0 Å². The number of hydrogen-bond donors (Lipinski definition) is 2. The van der Waals surface area contributed by atoms with Gasteiger partial charge in [0.1, 0.15) is 23.3 Å². The lowest BCUT2D eigenvalue weighted by atomic mass is 10.00. The third kappa shape index (κ3) is 5.25. The van der Waals surface area contributed by atoms with Gasteiger partial charge in [0, 0.05) is 5.69 Å². The minimum Gasteiger partial charge on any atom is -0.494 e. The molecule has 9 heteroatoms. The first-order valence-corrected chi connectivity index (χ1v) is 10.6. The van der Waals surface area contributed by atoms with Crippen LogP contribution < -0.4 is 20.3 Å². The summed E-state index contributed by atoms with van der Waals surface area (Å²) in [5, 5.41) is 14.5. The number of nitrogens with zero attached hydrogens (tertiary/aromatic N) is 2. The summed E-state index contributed by atoms with van der Waals surface area (Å²) in [6.07, 6.45) is 1.05. The molecule has 1 atom stereocenters. The summed E-state index contributed by atoms with van der Waals surface area (Å²) in [6, 6.07) is 13.7. The fraction of sp³-hybridized carbons (Fsp3) is 0.208. The smallest absolute Gasteiger partial charge is 0.266 e. The Bertz CT molecular complexity index is 1200. The second-order valence-corrected chi connectivity index (χ2v) is 7.70. The maximum atomic E-state index is 13.2. The quantitative estimate of drug-likeness (QED) is 0.295. The molecule has 0 unspecified atom stereocenters. The number of amides is 3. The third-order valence-corrected chi connectivity index (χ3v) is 5.36. The first-order chi connectivity index (χ1) is 15.7. The summed E-state index contributed by atoms with van der Waals surface area (Å²) >= 11 is 5.20. The second-order valence-electron chi connectivity index (χ2n) is 7.32. The van der Waals surface area contributed by atoms with E-state index in [1.165, 1.54) is 4.90 Å². The maximum Gasteiger partial charge on any atom is 0.266 e. The molecule has 2 N–H and O–H groups in total. The fourth-order valence-electron chi connectivity index (χ4n) is 3.18. The van der Waals surface area contributed by atoms with Gasteiger partial charge in [-0.1, -0.05) is 6.07 Å². The Morgan fingerprint density at radius 3 is 2.52 bits per heavy atom. The zero-order valence-corrected chi connectivity index (χ0v) is 19.2. The molecule has 0 aliphatic carbocycles. The number of anilines is 2. The molecular formula is C24H22N4O4S. The molecule has 0 spiro atoms. The summed E-state index contributed by atoms with van der Waals surface area (Å²) < 4.78 is 5.35. The third-order valence-electron chi connectivity index (χ3n) is 5.07. The topological polar surface area (TPSA) is 112 Å². The number of carbonyl (C=O) groups excluding carboxylic acids is 3. The molecule has 1 fully saturated rings. The fourth-order valence-corrected chi connectivity index (χ4v) is 3.47. The van der Waals surface area contributed by atoms with Crippen molar-refractivity contribution in [3.8, 4) is 11.8 Å². The Morgan fingerprint density at radius 1 is 1.21 bits per heavy atom. The highest BCUT2D eigenvalue weighted by molar-refractivity contribution is 7.80. The van der Waals surface area contributed by atoms with Crippen LogP contribution in [0.1, 0.15) is 18.1 Å². The van der Waals surface area contributed by atoms with E-state index in [-0.39, 0.29) is 10.7 Å². The minimum absolute atomic E-state index is 0.0600. The van der Waals surface area contributed by atoms with Crippen molar-refractivity contribution in [2.45, 2.75) is 20.8 Å². The molecule has 0 bridgehead atoms. The number of aryl methyl sites for hydroxylation is 2. The van der Waals surface area contributed by atoms with Crippen molar-refractivity contribution in [1.29, 1.82) is 5.26 Å². The van der Waals surface area contributed by atoms with Crippen molar-refractivity contribution >= 4 is 46.4 Å². The van der Waals surface area contributed by atoms with Crippen molar-refractivity contribution in [1.82, 2.24) is 5.32 Å². The highest BCUT2D eigenvalue weighted by atomic mass is 32.1. The van der Waals surface area contributed by atoms with Crippen LogP contribution in [0.5, 0.6) is 5.75 Å². The highest BCUT2D eigenvalue weighted by Crippen LogP contribution is 2.25. The van der Waals surface area contributed by atoms with Crippen molar-refractivity contribution in [2.24, 2.45) is 5.92 Å². The van der Waals surface area contributed by atoms with Crippen LogP contribution in [0.4, 0.5) is 11.4 Å². The van der Waals surface area contributed by atoms with Crippen LogP contribution in [0.25, 0.3) is 0 Å². The van der Waals surface area contributed by atoms with Gasteiger partial charge >= 0.3 is 0 Å². The normalized spacial score (nSPS) is 16.2. The van der Waals surface area contributed by atoms with Crippen molar-refractivity contribution in [2.75, 3.05) is 16.8 Å². The van der Waals surface area contributed by atoms with Crippen LogP contribution in [0.3, 0.4) is 0 Å². The van der Waals surface area contributed by atoms with Gasteiger partial charge in [0.15, 0.2) is 5.11 Å². The van der Waals surface area contributed by atoms with E-state index in [1.807, 2.05) is 26.8 Å². The van der Waals surface area contributed by atoms with Gasteiger partial charge in [-0.3, -0.25) is 19.3 Å². The van der Waals surface area contributed by atoms with Crippen LogP contribution in [-0.2, 0) is 14.4 Å². The van der Waals surface area contributed by atoms with Gasteiger partial charge in [-0.05, 0) is 86.6 Å². The van der Waals surface area contributed by atoms with Gasteiger partial charge in [-0.2, -0.15) is 5.26 Å². The molecule has 1 saturated heterocycles. The summed E-state index contributed by atoms with van der Waals surface area (Å²) in [7, 11) is 0. The second kappa shape index (κ2) is 10.1. The Hall–Kier alpha value is -4.03. The molecule has 2 aromatic carbocycles. The lowest BCUT2D eigenvalue weighted by molar-refractivity contribution is -0.131. The average molecular weight is 463 g/mol. The number of benzene rings is 2. The van der Waals surface area contributed by atoms with Gasteiger partial charge in [-0.15, -0.1) is 0 Å². The molecule has 0 radical (unpaired) electrons. The lowest BCUT2D eigenvalue weighted by Gasteiger charge is -2.31. The number of nitriles is 1. The molecule has 1 aliphatic rings. The predicted molar refractivity (Wildman–Crippen MR) is 128 cm³/mol. The number of rotatable bonds is 6. The zero-order chi connectivity index (χ0) is 24.1. The Balaban J connectivity index is 1.84. The first-order valence-electron chi connectivity index (χ1n) is 10.2. The largest absolute Gasteiger partial charge is 0.494 e. The van der Waals surface area contributed by atoms with Crippen LogP contribution in [-0.4, -0.2) is 29.4 Å². The molecule has 3 rings (SSSR count). The van der Waals surface area contributed by atoms with Gasteiger partial charge in [0.05, 0.1) is 12.3 Å². The number of thiocarbonyl (C=S) groups is 1. The molecule has 2 aromatic rings. The summed E-state index contributed by atoms with van der Waals surface area (Å²) in [5.74, 6) is -2.84. The molecule has 168 valence electrons. The molecule has 8 nitrogen and oxygen atoms in total. The van der Waals surface area contributed by atoms with E-state index in [4.69, 9.17) is 17.0 Å². The molecular weight excluding hydrogens is 440 g/mol. The molecule has 1 heterocycles. The SMILES string of the molecule is CCOc1ccc(NC(=O)/C(C#N)=C/[C@@H]2C(=O)NC(=S)N(c3ccc(C)c(C)c3)C2=O)cc1. The monoisotopic (exact) mass is 462 g/mol. The van der Waals surface area contributed by atoms with E-state index in [2.05, 4.69) is 10.6 Å². The first kappa shape index (κ1) is 23.6. The number of carbonyl (C=O) groups is 3. The van der Waals surface area contributed by atoms with E-state index in [1.54, 1.807) is 42.5 Å². The van der Waals surface area contributed by atoms with Crippen LogP contribution in [0.15, 0.2) is 54.1 Å². The highest BCUT2D eigenvalue weighted by Gasteiger charge is 2.39. The van der Waals surface area contributed by atoms with E-state index < -0.39 is 23.6 Å².